The Morgan fingerprint density at radius 3 is 0.993 bits per heavy atom. The van der Waals surface area contributed by atoms with Crippen LogP contribution in [0.15, 0.2) is 474 Å². The minimum Gasteiger partial charge on any atom is -0.455 e. The molecular weight excluding hydrogens is 1730 g/mol. The van der Waals surface area contributed by atoms with Gasteiger partial charge in [-0.2, -0.15) is 0 Å². The Morgan fingerprint density at radius 2 is 0.500 bits per heavy atom. The van der Waals surface area contributed by atoms with Gasteiger partial charge in [-0.1, -0.05) is 382 Å². The van der Waals surface area contributed by atoms with E-state index >= 15 is 0 Å². The Labute approximate surface area is 804 Å². The van der Waals surface area contributed by atoms with Gasteiger partial charge < -0.3 is 13.3 Å². The van der Waals surface area contributed by atoms with Crippen LogP contribution in [0.1, 0.15) is 0 Å². The van der Waals surface area contributed by atoms with E-state index in [2.05, 4.69) is 358 Å². The molecule has 0 spiro atoms. The number of thiophene rings is 1. The molecule has 0 atom stereocenters. The van der Waals surface area contributed by atoms with Gasteiger partial charge in [0.25, 0.3) is 0 Å². The summed E-state index contributed by atoms with van der Waals surface area (Å²) in [6.45, 7) is 0. The zero-order valence-electron chi connectivity index (χ0n) is 75.1. The molecule has 11 nitrogen and oxygen atoms in total. The molecule has 0 bridgehead atoms. The molecule has 0 amide bonds. The lowest BCUT2D eigenvalue weighted by Gasteiger charge is -2.13. The van der Waals surface area contributed by atoms with Gasteiger partial charge in [0.05, 0.1) is 44.8 Å². The van der Waals surface area contributed by atoms with Crippen molar-refractivity contribution in [1.82, 2.24) is 39.9 Å². The first-order chi connectivity index (χ1) is 69.4. The molecule has 0 radical (unpaired) electrons. The predicted molar refractivity (Wildman–Crippen MR) is 581 cm³/mol. The Hall–Kier alpha value is -18.6. The lowest BCUT2D eigenvalue weighted by Crippen LogP contribution is -1.96. The number of furan rings is 3. The fourth-order valence-corrected chi connectivity index (χ4v) is 21.7. The molecule has 0 fully saturated rings. The summed E-state index contributed by atoms with van der Waals surface area (Å²) >= 11 is 1.84. The van der Waals surface area contributed by atoms with Gasteiger partial charge in [0.2, 0.25) is 0 Å². The smallest absolute Gasteiger partial charge is 0.161 e. The van der Waals surface area contributed by atoms with Gasteiger partial charge in [-0.15, -0.1) is 11.3 Å². The van der Waals surface area contributed by atoms with Crippen molar-refractivity contribution in [3.8, 4) is 90.6 Å². The second kappa shape index (κ2) is 33.8. The summed E-state index contributed by atoms with van der Waals surface area (Å²) in [7, 11) is 0. The number of hydrogen-bond acceptors (Lipinski definition) is 12. The summed E-state index contributed by atoms with van der Waals surface area (Å²) in [5, 5.41) is 27.0. The molecular formula is C128H76N8O3S. The summed E-state index contributed by atoms with van der Waals surface area (Å²) in [6, 6.07) is 159. The van der Waals surface area contributed by atoms with E-state index in [1.165, 1.54) is 36.3 Å². The standard InChI is InChI=1S/2C34H20N2O.C30H18N2O.C30H18N2S/c1-2-10-23(11-3-1)31-28-20-17-21-9-4-5-13-24(21)32(28)36-34(35-31)27-15-8-12-22-18-19-26-25-14-6-7-16-29(25)37-33(26)30(22)27;1-2-10-23(11-3-1)32-31-24-13-5-4-9-21(24)18-20-28(31)35-34(36-32)27-15-8-12-22-17-19-26-25-14-6-7-16-29(25)37-33(26)30(22)27;1-2-9-20(10-3-1)28-23-13-4-6-15-25(23)31-30(32-28)24-14-8-11-19-17-18-22-21-12-5-7-16-26(21)33-29(22)27(19)24;1-2-9-19(10-3-1)29-23-13-4-6-15-26(23)31-30(32-29)22-14-8-11-20-17-25-21-12-5-7-16-27(21)33-28(25)18-24(20)22/h2*1-20H;2*1-18H. The quantitative estimate of drug-likeness (QED) is 0.134. The van der Waals surface area contributed by atoms with Gasteiger partial charge in [0.15, 0.2) is 23.3 Å². The summed E-state index contributed by atoms with van der Waals surface area (Å²) < 4.78 is 21.9. The van der Waals surface area contributed by atoms with Crippen LogP contribution < -0.4 is 0 Å². The molecule has 652 valence electrons. The van der Waals surface area contributed by atoms with Crippen molar-refractivity contribution in [2.24, 2.45) is 0 Å². The van der Waals surface area contributed by atoms with Crippen LogP contribution in [-0.2, 0) is 0 Å². The average molecular weight is 1810 g/mol. The van der Waals surface area contributed by atoms with Crippen molar-refractivity contribution < 1.29 is 13.3 Å². The van der Waals surface area contributed by atoms with Gasteiger partial charge in [-0.05, 0) is 122 Å². The van der Waals surface area contributed by atoms with Gasteiger partial charge in [-0.3, -0.25) is 0 Å². The van der Waals surface area contributed by atoms with Crippen LogP contribution >= 0.6 is 11.3 Å². The zero-order chi connectivity index (χ0) is 92.2. The minimum atomic E-state index is 0.695. The third kappa shape index (κ3) is 13.9. The number of nitrogens with zero attached hydrogens (tertiary/aromatic N) is 8. The molecule has 12 heteroatoms. The fourth-order valence-electron chi connectivity index (χ4n) is 20.6. The second-order valence-electron chi connectivity index (χ2n) is 35.3. The highest BCUT2D eigenvalue weighted by atomic mass is 32.1. The lowest BCUT2D eigenvalue weighted by atomic mass is 9.98. The van der Waals surface area contributed by atoms with Gasteiger partial charge >= 0.3 is 0 Å². The molecule has 0 unspecified atom stereocenters. The molecule has 0 aliphatic carbocycles. The maximum absolute atomic E-state index is 6.44. The highest BCUT2D eigenvalue weighted by molar-refractivity contribution is 7.25. The molecule has 30 aromatic rings. The SMILES string of the molecule is c1ccc(-c2nc(-c3cccc4cc5c(cc34)sc3ccccc35)nc3ccccc23)cc1.c1ccc(-c2nc(-c3cccc4ccc5c6ccccc6oc5c34)nc3c2ccc2ccccc23)cc1.c1ccc(-c2nc(-c3cccc4ccc5c6ccccc6oc5c34)nc3ccc4ccccc4c23)cc1.c1ccc(-c2nc(-c3cccc4ccc5c6ccccc6oc5c34)nc3ccccc23)cc1. The summed E-state index contributed by atoms with van der Waals surface area (Å²) in [6.07, 6.45) is 0. The highest BCUT2D eigenvalue weighted by Crippen LogP contribution is 2.47. The van der Waals surface area contributed by atoms with Crippen LogP contribution in [-0.4, -0.2) is 39.9 Å². The maximum atomic E-state index is 6.44. The molecule has 0 N–H and O–H groups in total. The largest absolute Gasteiger partial charge is 0.455 e. The van der Waals surface area contributed by atoms with Crippen molar-refractivity contribution in [1.29, 1.82) is 0 Å². The normalized spacial score (nSPS) is 11.7. The average Bonchev–Trinajstić information content (AvgIpc) is 1.66. The topological polar surface area (TPSA) is 143 Å². The van der Waals surface area contributed by atoms with Crippen LogP contribution in [0.2, 0.25) is 0 Å². The van der Waals surface area contributed by atoms with Crippen molar-refractivity contribution in [2.75, 3.05) is 0 Å². The van der Waals surface area contributed by atoms with Crippen LogP contribution in [0.4, 0.5) is 0 Å². The van der Waals surface area contributed by atoms with Gasteiger partial charge in [0, 0.05) is 140 Å². The Balaban J connectivity index is 0.0000000939. The monoisotopic (exact) mass is 1800 g/mol. The second-order valence-corrected chi connectivity index (χ2v) is 36.3. The van der Waals surface area contributed by atoms with Crippen LogP contribution in [0.25, 0.3) is 285 Å². The van der Waals surface area contributed by atoms with E-state index in [0.717, 1.165) is 231 Å². The number of hydrogen-bond donors (Lipinski definition) is 0. The molecule has 30 rings (SSSR count). The van der Waals surface area contributed by atoms with Crippen molar-refractivity contribution in [2.45, 2.75) is 0 Å². The molecule has 140 heavy (non-hydrogen) atoms. The molecule has 0 saturated carbocycles. The Morgan fingerprint density at radius 1 is 0.164 bits per heavy atom. The Kier molecular flexibility index (Phi) is 19.5. The van der Waals surface area contributed by atoms with Crippen LogP contribution in [0.5, 0.6) is 0 Å². The fraction of sp³-hybridized carbons (Fsp3) is 0. The summed E-state index contributed by atoms with van der Waals surface area (Å²) in [4.78, 5) is 41.0. The lowest BCUT2D eigenvalue weighted by molar-refractivity contribution is 0.672. The first kappa shape index (κ1) is 81.0. The maximum Gasteiger partial charge on any atom is 0.161 e. The number of fused-ring (bicyclic) bond motifs is 27. The van der Waals surface area contributed by atoms with E-state index in [-0.39, 0.29) is 0 Å². The number of aromatic nitrogens is 8. The third-order valence-electron chi connectivity index (χ3n) is 27.1. The van der Waals surface area contributed by atoms with E-state index < -0.39 is 0 Å². The first-order valence-corrected chi connectivity index (χ1v) is 47.7. The predicted octanol–water partition coefficient (Wildman–Crippen LogP) is 34.8. The molecule has 0 aliphatic heterocycles. The minimum absolute atomic E-state index is 0.695. The van der Waals surface area contributed by atoms with E-state index in [9.17, 15) is 0 Å². The number of rotatable bonds is 8. The molecule has 8 heterocycles. The van der Waals surface area contributed by atoms with Crippen LogP contribution in [0, 0.1) is 0 Å². The third-order valence-corrected chi connectivity index (χ3v) is 28.2. The van der Waals surface area contributed by atoms with Gasteiger partial charge in [-0.25, -0.2) is 39.9 Å². The molecule has 8 aromatic heterocycles. The molecule has 22 aromatic carbocycles. The van der Waals surface area contributed by atoms with Gasteiger partial charge in [0.1, 0.15) is 33.5 Å². The van der Waals surface area contributed by atoms with E-state index in [4.69, 9.17) is 53.1 Å². The van der Waals surface area contributed by atoms with E-state index in [1.54, 1.807) is 0 Å². The van der Waals surface area contributed by atoms with Crippen molar-refractivity contribution in [3.05, 3.63) is 461 Å². The van der Waals surface area contributed by atoms with Crippen LogP contribution in [0.3, 0.4) is 0 Å². The first-order valence-electron chi connectivity index (χ1n) is 46.9. The van der Waals surface area contributed by atoms with Crippen molar-refractivity contribution >= 4 is 206 Å². The van der Waals surface area contributed by atoms with Crippen molar-refractivity contribution in [3.63, 3.8) is 0 Å². The molecule has 0 aliphatic rings. The Bertz CT molecular complexity index is 10300. The van der Waals surface area contributed by atoms with E-state index in [1.807, 2.05) is 114 Å². The summed E-state index contributed by atoms with van der Waals surface area (Å²) in [5.74, 6) is 2.85. The zero-order valence-corrected chi connectivity index (χ0v) is 75.9. The number of para-hydroxylation sites is 5. The molecule has 0 saturated heterocycles. The summed E-state index contributed by atoms with van der Waals surface area (Å²) in [5.41, 5.74) is 21.1. The highest BCUT2D eigenvalue weighted by Gasteiger charge is 2.25. The number of benzene rings is 22. The van der Waals surface area contributed by atoms with E-state index in [0.29, 0.717) is 17.5 Å².